The van der Waals surface area contributed by atoms with Gasteiger partial charge >= 0.3 is 12.1 Å². The van der Waals surface area contributed by atoms with Gasteiger partial charge < -0.3 is 25.8 Å². The highest BCUT2D eigenvalue weighted by Crippen LogP contribution is 2.44. The van der Waals surface area contributed by atoms with E-state index in [4.69, 9.17) is 4.74 Å². The molecule has 9 nitrogen and oxygen atoms in total. The predicted molar refractivity (Wildman–Crippen MR) is 178 cm³/mol. The van der Waals surface area contributed by atoms with Crippen LogP contribution in [0.2, 0.25) is 0 Å². The number of benzene rings is 4. The summed E-state index contributed by atoms with van der Waals surface area (Å²) in [6, 6.07) is 30.7. The topological polar surface area (TPSA) is 134 Å². The summed E-state index contributed by atoms with van der Waals surface area (Å²) in [7, 11) is 0. The lowest BCUT2D eigenvalue weighted by atomic mass is 9.98. The molecule has 0 aromatic heterocycles. The molecule has 0 fully saturated rings. The number of ether oxygens (including phenoxy) is 1. The van der Waals surface area contributed by atoms with Crippen molar-refractivity contribution in [3.8, 4) is 11.1 Å². The van der Waals surface area contributed by atoms with Gasteiger partial charge in [0.1, 0.15) is 24.7 Å². The number of fused-ring (bicyclic) bond motifs is 3. The molecule has 3 amide bonds. The third kappa shape index (κ3) is 7.94. The summed E-state index contributed by atoms with van der Waals surface area (Å²) in [5, 5.41) is 17.3. The Balaban J connectivity index is 1.32. The Labute approximate surface area is 272 Å². The van der Waals surface area contributed by atoms with Gasteiger partial charge in [0.15, 0.2) is 0 Å². The van der Waals surface area contributed by atoms with Crippen LogP contribution < -0.4 is 16.0 Å². The van der Waals surface area contributed by atoms with Crippen LogP contribution in [0.25, 0.3) is 11.1 Å². The van der Waals surface area contributed by atoms with Crippen LogP contribution in [0.3, 0.4) is 0 Å². The molecule has 0 saturated carbocycles. The summed E-state index contributed by atoms with van der Waals surface area (Å²) in [5.41, 5.74) is 5.85. The highest BCUT2D eigenvalue weighted by molar-refractivity contribution is 7.80. The minimum Gasteiger partial charge on any atom is -0.480 e. The van der Waals surface area contributed by atoms with Crippen LogP contribution in [0.5, 0.6) is 0 Å². The third-order valence-electron chi connectivity index (χ3n) is 7.95. The maximum atomic E-state index is 13.8. The summed E-state index contributed by atoms with van der Waals surface area (Å²) < 4.78 is 5.72. The number of rotatable bonds is 13. The van der Waals surface area contributed by atoms with Crippen molar-refractivity contribution in [2.75, 3.05) is 12.4 Å². The smallest absolute Gasteiger partial charge is 0.407 e. The molecule has 10 heteroatoms. The SMILES string of the molecule is O=C(N[C@@H](Cc1ccccc1)C(=O)N[C@@H](Cc1ccccc1)C(=O)N[C@@H](CS)C(=O)O)OCC1c2ccccc2-c2ccccc21. The zero-order chi connectivity index (χ0) is 32.5. The van der Waals surface area contributed by atoms with E-state index in [0.29, 0.717) is 0 Å². The van der Waals surface area contributed by atoms with Crippen molar-refractivity contribution in [3.63, 3.8) is 0 Å². The molecule has 1 aliphatic carbocycles. The highest BCUT2D eigenvalue weighted by Gasteiger charge is 2.32. The number of carbonyl (C=O) groups excluding carboxylic acids is 3. The number of amides is 3. The van der Waals surface area contributed by atoms with E-state index in [1.165, 1.54) is 0 Å². The second-order valence-corrected chi connectivity index (χ2v) is 11.4. The number of thiol groups is 1. The molecule has 4 N–H and O–H groups in total. The van der Waals surface area contributed by atoms with Crippen molar-refractivity contribution in [3.05, 3.63) is 131 Å². The minimum atomic E-state index is -1.25. The first-order chi connectivity index (χ1) is 22.3. The molecule has 3 atom stereocenters. The lowest BCUT2D eigenvalue weighted by molar-refractivity contribution is -0.141. The molecule has 0 saturated heterocycles. The monoisotopic (exact) mass is 637 g/mol. The molecule has 46 heavy (non-hydrogen) atoms. The first-order valence-corrected chi connectivity index (χ1v) is 15.6. The Morgan fingerprint density at radius 1 is 0.630 bits per heavy atom. The van der Waals surface area contributed by atoms with E-state index in [2.05, 4.69) is 28.6 Å². The molecule has 0 bridgehead atoms. The summed E-state index contributed by atoms with van der Waals surface area (Å²) in [4.78, 5) is 51.9. The van der Waals surface area contributed by atoms with Gasteiger partial charge in [-0.15, -0.1) is 0 Å². The summed E-state index contributed by atoms with van der Waals surface area (Å²) in [5.74, 6) is -2.84. The summed E-state index contributed by atoms with van der Waals surface area (Å²) >= 11 is 4.03. The Morgan fingerprint density at radius 2 is 1.07 bits per heavy atom. The van der Waals surface area contributed by atoms with Crippen LogP contribution in [0, 0.1) is 0 Å². The van der Waals surface area contributed by atoms with Crippen LogP contribution in [0.4, 0.5) is 4.79 Å². The van der Waals surface area contributed by atoms with Crippen molar-refractivity contribution in [2.24, 2.45) is 0 Å². The predicted octanol–water partition coefficient (Wildman–Crippen LogP) is 4.36. The van der Waals surface area contributed by atoms with Crippen molar-refractivity contribution in [1.29, 1.82) is 0 Å². The maximum absolute atomic E-state index is 13.8. The second-order valence-electron chi connectivity index (χ2n) is 11.0. The van der Waals surface area contributed by atoms with E-state index in [-0.39, 0.29) is 31.1 Å². The zero-order valence-electron chi connectivity index (χ0n) is 25.0. The molecule has 0 spiro atoms. The average Bonchev–Trinajstić information content (AvgIpc) is 3.39. The number of aliphatic carboxylic acids is 1. The Kier molecular flexibility index (Phi) is 10.7. The standard InChI is InChI=1S/C36H35N3O6S/c40-33(38-32(22-46)35(42)43)30(19-23-11-3-1-4-12-23)37-34(41)31(20-24-13-5-2-6-14-24)39-36(44)45-21-29-27-17-9-7-15-25(27)26-16-8-10-18-28(26)29/h1-18,29-32,46H,19-22H2,(H,37,41)(H,38,40)(H,39,44)(H,42,43)/t30-,31-,32-/m0/s1. The lowest BCUT2D eigenvalue weighted by Crippen LogP contribution is -2.57. The fourth-order valence-electron chi connectivity index (χ4n) is 5.63. The first kappa shape index (κ1) is 32.3. The van der Waals surface area contributed by atoms with Crippen molar-refractivity contribution < 1.29 is 29.0 Å². The van der Waals surface area contributed by atoms with Gasteiger partial charge in [-0.2, -0.15) is 12.6 Å². The number of hydrogen-bond donors (Lipinski definition) is 5. The van der Waals surface area contributed by atoms with Gasteiger partial charge in [0.25, 0.3) is 0 Å². The van der Waals surface area contributed by atoms with Gasteiger partial charge in [0.05, 0.1) is 0 Å². The largest absolute Gasteiger partial charge is 0.480 e. The second kappa shape index (κ2) is 15.3. The van der Waals surface area contributed by atoms with E-state index in [0.717, 1.165) is 33.4 Å². The third-order valence-corrected chi connectivity index (χ3v) is 8.31. The van der Waals surface area contributed by atoms with Gasteiger partial charge in [-0.05, 0) is 33.4 Å². The fourth-order valence-corrected chi connectivity index (χ4v) is 5.88. The van der Waals surface area contributed by atoms with Gasteiger partial charge in [0.2, 0.25) is 11.8 Å². The number of carboxylic acids is 1. The van der Waals surface area contributed by atoms with Gasteiger partial charge in [-0.1, -0.05) is 109 Å². The molecule has 4 aromatic rings. The Hall–Kier alpha value is -5.09. The molecule has 4 aromatic carbocycles. The van der Waals surface area contributed by atoms with Crippen molar-refractivity contribution in [2.45, 2.75) is 36.9 Å². The molecule has 236 valence electrons. The molecule has 1 aliphatic rings. The lowest BCUT2D eigenvalue weighted by Gasteiger charge is -2.24. The van der Waals surface area contributed by atoms with Crippen LogP contribution >= 0.6 is 12.6 Å². The Morgan fingerprint density at radius 3 is 1.54 bits per heavy atom. The zero-order valence-corrected chi connectivity index (χ0v) is 25.9. The summed E-state index contributed by atoms with van der Waals surface area (Å²) in [6.45, 7) is 0.0683. The molecule has 0 unspecified atom stereocenters. The van der Waals surface area contributed by atoms with E-state index >= 15 is 0 Å². The number of alkyl carbamates (subject to hydrolysis) is 1. The first-order valence-electron chi connectivity index (χ1n) is 15.0. The van der Waals surface area contributed by atoms with Gasteiger partial charge in [-0.3, -0.25) is 9.59 Å². The van der Waals surface area contributed by atoms with Crippen molar-refractivity contribution >= 4 is 36.5 Å². The normalized spacial score (nSPS) is 13.8. The summed E-state index contributed by atoms with van der Waals surface area (Å²) in [6.07, 6.45) is -0.548. The van der Waals surface area contributed by atoms with Gasteiger partial charge in [0, 0.05) is 24.5 Å². The number of nitrogens with one attached hydrogen (secondary N) is 3. The van der Waals surface area contributed by atoms with E-state index in [9.17, 15) is 24.3 Å². The van der Waals surface area contributed by atoms with Crippen LogP contribution in [0.1, 0.15) is 28.2 Å². The number of hydrogen-bond acceptors (Lipinski definition) is 6. The minimum absolute atomic E-state index is 0.0683. The average molecular weight is 638 g/mol. The van der Waals surface area contributed by atoms with E-state index in [1.54, 1.807) is 24.3 Å². The van der Waals surface area contributed by atoms with E-state index < -0.39 is 42.0 Å². The number of carboxylic acid groups (broad SMARTS) is 1. The van der Waals surface area contributed by atoms with Crippen LogP contribution in [-0.2, 0) is 32.0 Å². The van der Waals surface area contributed by atoms with Crippen LogP contribution in [0.15, 0.2) is 109 Å². The Bertz CT molecular complexity index is 1640. The molecular weight excluding hydrogens is 602 g/mol. The van der Waals surface area contributed by atoms with Crippen molar-refractivity contribution in [1.82, 2.24) is 16.0 Å². The highest BCUT2D eigenvalue weighted by atomic mass is 32.1. The molecule has 0 heterocycles. The maximum Gasteiger partial charge on any atom is 0.407 e. The van der Waals surface area contributed by atoms with Crippen LogP contribution in [-0.4, -0.2) is 59.5 Å². The number of carbonyl (C=O) groups is 4. The molecule has 0 radical (unpaired) electrons. The van der Waals surface area contributed by atoms with Gasteiger partial charge in [-0.25, -0.2) is 9.59 Å². The quantitative estimate of drug-likeness (QED) is 0.138. The molecular formula is C36H35N3O6S. The molecule has 0 aliphatic heterocycles. The fraction of sp³-hybridized carbons (Fsp3) is 0.222. The molecule has 5 rings (SSSR count). The van der Waals surface area contributed by atoms with E-state index in [1.807, 2.05) is 84.9 Å².